The summed E-state index contributed by atoms with van der Waals surface area (Å²) >= 11 is 0. The summed E-state index contributed by atoms with van der Waals surface area (Å²) in [6.07, 6.45) is 0.790. The van der Waals surface area contributed by atoms with Crippen LogP contribution >= 0.6 is 0 Å². The van der Waals surface area contributed by atoms with Gasteiger partial charge in [0, 0.05) is 6.04 Å². The minimum Gasteiger partial charge on any atom is -0.468 e. The highest BCUT2D eigenvalue weighted by atomic mass is 16.5. The van der Waals surface area contributed by atoms with Crippen molar-refractivity contribution in [2.24, 2.45) is 0 Å². The van der Waals surface area contributed by atoms with Gasteiger partial charge in [-0.15, -0.1) is 0 Å². The molecule has 0 bridgehead atoms. The Balaban J connectivity index is 3.80. The van der Waals surface area contributed by atoms with Gasteiger partial charge in [0.05, 0.1) is 13.7 Å². The zero-order valence-corrected chi connectivity index (χ0v) is 7.83. The number of aliphatic hydroxyl groups excluding tert-OH is 1. The van der Waals surface area contributed by atoms with Crippen molar-refractivity contribution in [1.29, 1.82) is 0 Å². The molecule has 0 aromatic rings. The minimum atomic E-state index is -0.355. The summed E-state index contributed by atoms with van der Waals surface area (Å²) in [4.78, 5) is 10.9. The van der Waals surface area contributed by atoms with Gasteiger partial charge in [0.25, 0.3) is 0 Å². The fraction of sp³-hybridized carbons (Fsp3) is 0.875. The van der Waals surface area contributed by atoms with Gasteiger partial charge >= 0.3 is 5.97 Å². The molecule has 0 rings (SSSR count). The maximum absolute atomic E-state index is 10.9. The highest BCUT2D eigenvalue weighted by Gasteiger charge is 2.15. The lowest BCUT2D eigenvalue weighted by molar-refractivity contribution is -0.142. The van der Waals surface area contributed by atoms with Crippen molar-refractivity contribution in [3.8, 4) is 0 Å². The fourth-order valence-corrected chi connectivity index (χ4v) is 0.898. The topological polar surface area (TPSA) is 58.6 Å². The standard InChI is InChI=1S/C8H17NO3/c1-4-7(5-10)9-6(2)8(11)12-3/h6-7,9-10H,4-5H2,1-3H3. The van der Waals surface area contributed by atoms with Crippen molar-refractivity contribution >= 4 is 5.97 Å². The van der Waals surface area contributed by atoms with E-state index >= 15 is 0 Å². The van der Waals surface area contributed by atoms with Crippen LogP contribution in [0.5, 0.6) is 0 Å². The Bertz CT molecular complexity index is 134. The number of carbonyl (C=O) groups excluding carboxylic acids is 1. The van der Waals surface area contributed by atoms with Crippen LogP contribution in [0, 0.1) is 0 Å². The molecule has 72 valence electrons. The summed E-state index contributed by atoms with van der Waals surface area (Å²) in [5, 5.41) is 11.8. The van der Waals surface area contributed by atoms with Crippen molar-refractivity contribution in [2.75, 3.05) is 13.7 Å². The minimum absolute atomic E-state index is 0.0286. The van der Waals surface area contributed by atoms with E-state index in [-0.39, 0.29) is 24.7 Å². The van der Waals surface area contributed by atoms with Crippen LogP contribution in [0.4, 0.5) is 0 Å². The van der Waals surface area contributed by atoms with Crippen molar-refractivity contribution in [3.63, 3.8) is 0 Å². The molecule has 2 atom stereocenters. The van der Waals surface area contributed by atoms with E-state index in [1.807, 2.05) is 6.92 Å². The number of methoxy groups -OCH3 is 1. The molecule has 0 heterocycles. The number of rotatable bonds is 5. The quantitative estimate of drug-likeness (QED) is 0.573. The van der Waals surface area contributed by atoms with E-state index < -0.39 is 0 Å². The third-order valence-corrected chi connectivity index (χ3v) is 1.75. The van der Waals surface area contributed by atoms with Crippen molar-refractivity contribution < 1.29 is 14.6 Å². The van der Waals surface area contributed by atoms with Gasteiger partial charge in [0.1, 0.15) is 6.04 Å². The summed E-state index contributed by atoms with van der Waals surface area (Å²) < 4.78 is 4.52. The molecule has 0 aliphatic heterocycles. The number of esters is 1. The molecule has 0 aromatic heterocycles. The molecular weight excluding hydrogens is 158 g/mol. The average molecular weight is 175 g/mol. The lowest BCUT2D eigenvalue weighted by atomic mass is 10.2. The van der Waals surface area contributed by atoms with E-state index in [1.54, 1.807) is 6.92 Å². The van der Waals surface area contributed by atoms with Crippen molar-refractivity contribution in [1.82, 2.24) is 5.32 Å². The zero-order valence-electron chi connectivity index (χ0n) is 7.83. The number of hydrogen-bond donors (Lipinski definition) is 2. The Labute approximate surface area is 72.9 Å². The zero-order chi connectivity index (χ0) is 9.56. The predicted octanol–water partition coefficient (Wildman–Crippen LogP) is -0.0916. The first-order valence-corrected chi connectivity index (χ1v) is 4.10. The molecule has 0 spiro atoms. The summed E-state index contributed by atoms with van der Waals surface area (Å²) in [5.41, 5.74) is 0. The third-order valence-electron chi connectivity index (χ3n) is 1.75. The molecule has 0 radical (unpaired) electrons. The normalized spacial score (nSPS) is 15.3. The van der Waals surface area contributed by atoms with Gasteiger partial charge in [0.2, 0.25) is 0 Å². The number of aliphatic hydroxyl groups is 1. The summed E-state index contributed by atoms with van der Waals surface area (Å²) in [6.45, 7) is 3.69. The van der Waals surface area contributed by atoms with Gasteiger partial charge in [-0.3, -0.25) is 10.1 Å². The highest BCUT2D eigenvalue weighted by Crippen LogP contribution is 1.93. The monoisotopic (exact) mass is 175 g/mol. The van der Waals surface area contributed by atoms with Gasteiger partial charge < -0.3 is 9.84 Å². The molecule has 0 aliphatic rings. The lowest BCUT2D eigenvalue weighted by Gasteiger charge is -2.18. The lowest BCUT2D eigenvalue weighted by Crippen LogP contribution is -2.43. The van der Waals surface area contributed by atoms with E-state index in [0.717, 1.165) is 6.42 Å². The Morgan fingerprint density at radius 2 is 2.25 bits per heavy atom. The summed E-state index contributed by atoms with van der Waals surface area (Å²) in [6, 6.07) is -0.383. The van der Waals surface area contributed by atoms with E-state index in [1.165, 1.54) is 7.11 Å². The Kier molecular flexibility index (Phi) is 5.66. The molecule has 2 N–H and O–H groups in total. The molecule has 4 heteroatoms. The SMILES string of the molecule is CCC(CO)NC(C)C(=O)OC. The second-order valence-electron chi connectivity index (χ2n) is 2.70. The van der Waals surface area contributed by atoms with Gasteiger partial charge in [-0.05, 0) is 13.3 Å². The maximum atomic E-state index is 10.9. The van der Waals surface area contributed by atoms with Crippen LogP contribution in [0.15, 0.2) is 0 Å². The maximum Gasteiger partial charge on any atom is 0.322 e. The largest absolute Gasteiger partial charge is 0.468 e. The van der Waals surface area contributed by atoms with E-state index in [2.05, 4.69) is 10.1 Å². The molecule has 0 aliphatic carbocycles. The number of carbonyl (C=O) groups is 1. The molecule has 0 amide bonds. The molecule has 2 unspecified atom stereocenters. The van der Waals surface area contributed by atoms with Crippen LogP contribution in [0.25, 0.3) is 0 Å². The number of ether oxygens (including phenoxy) is 1. The van der Waals surface area contributed by atoms with Crippen LogP contribution < -0.4 is 5.32 Å². The molecule has 0 aromatic carbocycles. The molecule has 0 saturated carbocycles. The first-order valence-electron chi connectivity index (χ1n) is 4.10. The first kappa shape index (κ1) is 11.4. The van der Waals surface area contributed by atoms with Crippen molar-refractivity contribution in [2.45, 2.75) is 32.4 Å². The predicted molar refractivity (Wildman–Crippen MR) is 45.8 cm³/mol. The smallest absolute Gasteiger partial charge is 0.322 e. The second kappa shape index (κ2) is 5.97. The van der Waals surface area contributed by atoms with Crippen LogP contribution in [0.3, 0.4) is 0 Å². The molecule has 0 fully saturated rings. The second-order valence-corrected chi connectivity index (χ2v) is 2.70. The van der Waals surface area contributed by atoms with E-state index in [4.69, 9.17) is 5.11 Å². The first-order chi connectivity index (χ1) is 5.65. The van der Waals surface area contributed by atoms with Gasteiger partial charge in [-0.1, -0.05) is 6.92 Å². The average Bonchev–Trinajstić information content (AvgIpc) is 2.12. The van der Waals surface area contributed by atoms with E-state index in [9.17, 15) is 4.79 Å². The van der Waals surface area contributed by atoms with Crippen molar-refractivity contribution in [3.05, 3.63) is 0 Å². The van der Waals surface area contributed by atoms with Crippen LogP contribution in [0.2, 0.25) is 0 Å². The molecule has 4 nitrogen and oxygen atoms in total. The number of hydrogen-bond acceptors (Lipinski definition) is 4. The molecular formula is C8H17NO3. The Morgan fingerprint density at radius 1 is 1.67 bits per heavy atom. The summed E-state index contributed by atoms with van der Waals surface area (Å²) in [7, 11) is 1.35. The van der Waals surface area contributed by atoms with Gasteiger partial charge in [-0.25, -0.2) is 0 Å². The highest BCUT2D eigenvalue weighted by molar-refractivity contribution is 5.75. The van der Waals surface area contributed by atoms with Gasteiger partial charge in [-0.2, -0.15) is 0 Å². The van der Waals surface area contributed by atoms with Crippen LogP contribution in [-0.4, -0.2) is 36.9 Å². The molecule has 0 saturated heterocycles. The van der Waals surface area contributed by atoms with Crippen LogP contribution in [-0.2, 0) is 9.53 Å². The molecule has 12 heavy (non-hydrogen) atoms. The fourth-order valence-electron chi connectivity index (χ4n) is 0.898. The van der Waals surface area contributed by atoms with Gasteiger partial charge in [0.15, 0.2) is 0 Å². The van der Waals surface area contributed by atoms with E-state index in [0.29, 0.717) is 0 Å². The number of nitrogens with one attached hydrogen (secondary N) is 1. The third kappa shape index (κ3) is 3.69. The Morgan fingerprint density at radius 3 is 2.58 bits per heavy atom. The van der Waals surface area contributed by atoms with Crippen LogP contribution in [0.1, 0.15) is 20.3 Å². The Hall–Kier alpha value is -0.610. The summed E-state index contributed by atoms with van der Waals surface area (Å²) in [5.74, 6) is -0.304.